The predicted octanol–water partition coefficient (Wildman–Crippen LogP) is 4.31. The molecule has 6 heteroatoms. The molecule has 0 atom stereocenters. The van der Waals surface area contributed by atoms with Gasteiger partial charge in [-0.1, -0.05) is 41.4 Å². The molecule has 1 aliphatic rings. The Labute approximate surface area is 169 Å². The van der Waals surface area contributed by atoms with E-state index in [1.165, 1.54) is 5.56 Å². The Morgan fingerprint density at radius 2 is 1.82 bits per heavy atom. The zero-order valence-corrected chi connectivity index (χ0v) is 16.8. The molecule has 28 heavy (non-hydrogen) atoms. The quantitative estimate of drug-likeness (QED) is 0.720. The van der Waals surface area contributed by atoms with Crippen molar-refractivity contribution in [1.82, 2.24) is 15.1 Å². The largest absolute Gasteiger partial charge is 0.368 e. The number of H-pyrrole nitrogens is 1. The molecule has 0 radical (unpaired) electrons. The number of nitrogens with one attached hydrogen (secondary N) is 1. The summed E-state index contributed by atoms with van der Waals surface area (Å²) >= 11 is 6.09. The van der Waals surface area contributed by atoms with E-state index in [4.69, 9.17) is 11.6 Å². The molecule has 4 rings (SSSR count). The lowest BCUT2D eigenvalue weighted by atomic mass is 10.0. The zero-order valence-electron chi connectivity index (χ0n) is 16.1. The fraction of sp³-hybridized carbons (Fsp3) is 0.273. The van der Waals surface area contributed by atoms with Crippen LogP contribution >= 0.6 is 11.6 Å². The van der Waals surface area contributed by atoms with E-state index in [1.807, 2.05) is 29.2 Å². The molecule has 1 amide bonds. The highest BCUT2D eigenvalue weighted by Crippen LogP contribution is 2.24. The van der Waals surface area contributed by atoms with Gasteiger partial charge in [0.1, 0.15) is 5.69 Å². The Hall–Kier alpha value is -2.79. The second-order valence-electron chi connectivity index (χ2n) is 7.24. The highest BCUT2D eigenvalue weighted by molar-refractivity contribution is 6.30. The lowest BCUT2D eigenvalue weighted by Crippen LogP contribution is -2.48. The van der Waals surface area contributed by atoms with E-state index < -0.39 is 0 Å². The molecule has 5 nitrogen and oxygen atoms in total. The number of hydrogen-bond acceptors (Lipinski definition) is 3. The van der Waals surface area contributed by atoms with E-state index in [0.717, 1.165) is 40.6 Å². The average Bonchev–Trinajstić information content (AvgIpc) is 3.17. The first-order chi connectivity index (χ1) is 13.5. The number of amides is 1. The standard InChI is InChI=1S/C22H23ClN4O/c1-15-6-7-19(16(2)12-15)20-14-21(25-24-20)22(28)27-10-8-26(9-11-27)18-5-3-4-17(23)13-18/h3-7,12-14H,8-11H2,1-2H3,(H,24,25). The van der Waals surface area contributed by atoms with Crippen molar-refractivity contribution in [3.63, 3.8) is 0 Å². The first-order valence-corrected chi connectivity index (χ1v) is 9.82. The molecular weight excluding hydrogens is 372 g/mol. The Bertz CT molecular complexity index is 1010. The van der Waals surface area contributed by atoms with Crippen LogP contribution in [0.4, 0.5) is 5.69 Å². The van der Waals surface area contributed by atoms with Crippen molar-refractivity contribution < 1.29 is 4.79 Å². The number of rotatable bonds is 3. The molecule has 2 heterocycles. The average molecular weight is 395 g/mol. The van der Waals surface area contributed by atoms with Gasteiger partial charge in [0.25, 0.3) is 5.91 Å². The van der Waals surface area contributed by atoms with Crippen molar-refractivity contribution in [2.75, 3.05) is 31.1 Å². The lowest BCUT2D eigenvalue weighted by molar-refractivity contribution is 0.0741. The fourth-order valence-electron chi connectivity index (χ4n) is 3.68. The summed E-state index contributed by atoms with van der Waals surface area (Å²) in [5, 5.41) is 8.02. The smallest absolute Gasteiger partial charge is 0.272 e. The molecule has 3 aromatic rings. The van der Waals surface area contributed by atoms with Gasteiger partial charge in [-0.05, 0) is 43.7 Å². The maximum absolute atomic E-state index is 12.9. The summed E-state index contributed by atoms with van der Waals surface area (Å²) in [6, 6.07) is 15.9. The third-order valence-corrected chi connectivity index (χ3v) is 5.44. The molecule has 1 saturated heterocycles. The molecule has 2 aromatic carbocycles. The van der Waals surface area contributed by atoms with E-state index in [-0.39, 0.29) is 5.91 Å². The van der Waals surface area contributed by atoms with Crippen LogP contribution in [0.3, 0.4) is 0 Å². The van der Waals surface area contributed by atoms with Crippen LogP contribution in [0.2, 0.25) is 5.02 Å². The number of hydrogen-bond donors (Lipinski definition) is 1. The molecule has 0 unspecified atom stereocenters. The number of aryl methyl sites for hydroxylation is 2. The van der Waals surface area contributed by atoms with Crippen molar-refractivity contribution in [3.05, 3.63) is 70.4 Å². The van der Waals surface area contributed by atoms with Gasteiger partial charge in [-0.2, -0.15) is 5.10 Å². The summed E-state index contributed by atoms with van der Waals surface area (Å²) in [5.74, 6) is -0.00532. The Kier molecular flexibility index (Phi) is 5.09. The molecule has 1 N–H and O–H groups in total. The monoisotopic (exact) mass is 394 g/mol. The van der Waals surface area contributed by atoms with Gasteiger partial charge in [0.2, 0.25) is 0 Å². The van der Waals surface area contributed by atoms with E-state index in [0.29, 0.717) is 18.8 Å². The van der Waals surface area contributed by atoms with Gasteiger partial charge >= 0.3 is 0 Å². The number of aromatic amines is 1. The predicted molar refractivity (Wildman–Crippen MR) is 113 cm³/mol. The van der Waals surface area contributed by atoms with Crippen molar-refractivity contribution >= 4 is 23.2 Å². The molecule has 1 fully saturated rings. The van der Waals surface area contributed by atoms with Crippen LogP contribution in [0.1, 0.15) is 21.6 Å². The molecule has 0 aliphatic carbocycles. The number of piperazine rings is 1. The van der Waals surface area contributed by atoms with Crippen molar-refractivity contribution in [1.29, 1.82) is 0 Å². The Balaban J connectivity index is 1.44. The summed E-state index contributed by atoms with van der Waals surface area (Å²) in [6.07, 6.45) is 0. The van der Waals surface area contributed by atoms with Gasteiger partial charge in [-0.3, -0.25) is 9.89 Å². The number of aromatic nitrogens is 2. The molecular formula is C22H23ClN4O. The normalized spacial score (nSPS) is 14.4. The van der Waals surface area contributed by atoms with Crippen LogP contribution < -0.4 is 4.90 Å². The van der Waals surface area contributed by atoms with Crippen molar-refractivity contribution in [2.45, 2.75) is 13.8 Å². The second kappa shape index (κ2) is 7.68. The van der Waals surface area contributed by atoms with Gasteiger partial charge < -0.3 is 9.80 Å². The van der Waals surface area contributed by atoms with Gasteiger partial charge in [0.05, 0.1) is 5.69 Å². The van der Waals surface area contributed by atoms with E-state index >= 15 is 0 Å². The molecule has 1 aromatic heterocycles. The minimum Gasteiger partial charge on any atom is -0.368 e. The number of carbonyl (C=O) groups excluding carboxylic acids is 1. The van der Waals surface area contributed by atoms with Crippen LogP contribution in [0, 0.1) is 13.8 Å². The van der Waals surface area contributed by atoms with Crippen LogP contribution in [-0.2, 0) is 0 Å². The summed E-state index contributed by atoms with van der Waals surface area (Å²) in [4.78, 5) is 17.0. The van der Waals surface area contributed by atoms with Gasteiger partial charge in [-0.15, -0.1) is 0 Å². The highest BCUT2D eigenvalue weighted by atomic mass is 35.5. The van der Waals surface area contributed by atoms with Crippen molar-refractivity contribution in [2.24, 2.45) is 0 Å². The maximum Gasteiger partial charge on any atom is 0.272 e. The van der Waals surface area contributed by atoms with Crippen LogP contribution in [0.25, 0.3) is 11.3 Å². The first kappa shape index (κ1) is 18.6. The zero-order chi connectivity index (χ0) is 19.7. The summed E-state index contributed by atoms with van der Waals surface area (Å²) in [6.45, 7) is 7.04. The van der Waals surface area contributed by atoms with Crippen LogP contribution in [0.15, 0.2) is 48.5 Å². The highest BCUT2D eigenvalue weighted by Gasteiger charge is 2.24. The molecule has 144 valence electrons. The molecule has 1 aliphatic heterocycles. The SMILES string of the molecule is Cc1ccc(-c2cc(C(=O)N3CCN(c4cccc(Cl)c4)CC3)[nH]n2)c(C)c1. The minimum atomic E-state index is -0.00532. The summed E-state index contributed by atoms with van der Waals surface area (Å²) < 4.78 is 0. The number of carbonyl (C=O) groups is 1. The van der Waals surface area contributed by atoms with Gasteiger partial charge in [-0.25, -0.2) is 0 Å². The lowest BCUT2D eigenvalue weighted by Gasteiger charge is -2.36. The number of halogens is 1. The van der Waals surface area contributed by atoms with Crippen molar-refractivity contribution in [3.8, 4) is 11.3 Å². The summed E-state index contributed by atoms with van der Waals surface area (Å²) in [7, 11) is 0. The van der Waals surface area contributed by atoms with E-state index in [9.17, 15) is 4.79 Å². The third kappa shape index (κ3) is 3.76. The van der Waals surface area contributed by atoms with E-state index in [1.54, 1.807) is 0 Å². The number of nitrogens with zero attached hydrogens (tertiary/aromatic N) is 3. The second-order valence-corrected chi connectivity index (χ2v) is 7.68. The molecule has 0 bridgehead atoms. The summed E-state index contributed by atoms with van der Waals surface area (Å²) in [5.41, 5.74) is 5.85. The third-order valence-electron chi connectivity index (χ3n) is 5.21. The molecule has 0 spiro atoms. The minimum absolute atomic E-state index is 0.00532. The fourth-order valence-corrected chi connectivity index (χ4v) is 3.87. The number of benzene rings is 2. The maximum atomic E-state index is 12.9. The Morgan fingerprint density at radius 1 is 1.04 bits per heavy atom. The number of anilines is 1. The van der Waals surface area contributed by atoms with Crippen LogP contribution in [-0.4, -0.2) is 47.2 Å². The van der Waals surface area contributed by atoms with Gasteiger partial charge in [0, 0.05) is 42.5 Å². The molecule has 0 saturated carbocycles. The van der Waals surface area contributed by atoms with Crippen LogP contribution in [0.5, 0.6) is 0 Å². The Morgan fingerprint density at radius 3 is 2.54 bits per heavy atom. The van der Waals surface area contributed by atoms with E-state index in [2.05, 4.69) is 53.2 Å². The van der Waals surface area contributed by atoms with Gasteiger partial charge in [0.15, 0.2) is 0 Å². The topological polar surface area (TPSA) is 52.2 Å². The first-order valence-electron chi connectivity index (χ1n) is 9.44.